The number of nitrogens with zero attached hydrogens (tertiary/aromatic N) is 12. The number of fused-ring (bicyclic) bond motifs is 19. The van der Waals surface area contributed by atoms with Gasteiger partial charge in [-0.15, -0.1) is 18.6 Å². The summed E-state index contributed by atoms with van der Waals surface area (Å²) in [6.07, 6.45) is 13.4. The predicted octanol–water partition coefficient (Wildman–Crippen LogP) is 37.9. The third-order valence-corrected chi connectivity index (χ3v) is 22.8. The van der Waals surface area contributed by atoms with Crippen molar-refractivity contribution in [2.75, 3.05) is 28.8 Å². The average Bonchev–Trinajstić information content (AvgIpc) is 1.62. The maximum atomic E-state index is 2.47. The Bertz CT molecular complexity index is 6450. The predicted molar refractivity (Wildman–Crippen MR) is 654 cm³/mol. The summed E-state index contributed by atoms with van der Waals surface area (Å²) in [4.78, 5) is 9.48. The number of hydrogen-bond donors (Lipinski definition) is 0. The molecule has 11 aromatic carbocycles. The number of pyridine rings is 3. The summed E-state index contributed by atoms with van der Waals surface area (Å²) in [5.74, 6) is 1.18. The van der Waals surface area contributed by atoms with Gasteiger partial charge in [-0.1, -0.05) is 423 Å². The van der Waals surface area contributed by atoms with Gasteiger partial charge in [0.2, 0.25) is 0 Å². The second-order valence-corrected chi connectivity index (χ2v) is 29.9. The van der Waals surface area contributed by atoms with E-state index in [0.29, 0.717) is 12.3 Å². The van der Waals surface area contributed by atoms with Crippen LogP contribution in [0.5, 0.6) is 0 Å². The Kier molecular flexibility index (Phi) is 68.0. The highest BCUT2D eigenvalue weighted by Gasteiger charge is 2.37. The van der Waals surface area contributed by atoms with Gasteiger partial charge in [0.25, 0.3) is 11.5 Å². The van der Waals surface area contributed by atoms with Gasteiger partial charge in [-0.3, -0.25) is 0 Å². The molecule has 0 bridgehead atoms. The first kappa shape index (κ1) is 134. The van der Waals surface area contributed by atoms with Gasteiger partial charge in [-0.25, -0.2) is 9.13 Å². The van der Waals surface area contributed by atoms with E-state index in [2.05, 4.69) is 463 Å². The van der Waals surface area contributed by atoms with E-state index in [9.17, 15) is 0 Å². The van der Waals surface area contributed by atoms with E-state index in [0.717, 1.165) is 0 Å². The topological polar surface area (TPSA) is 47.7 Å². The molecule has 2 atom stereocenters. The third kappa shape index (κ3) is 31.8. The fourth-order valence-electron chi connectivity index (χ4n) is 17.0. The van der Waals surface area contributed by atoms with E-state index in [4.69, 9.17) is 0 Å². The standard InChI is InChI=1S/2C19H17N2.C18H18N2.C17H15N2.C16H18N2.C11H13N2.16C2H6.CH4/c1-14-8-3-5-11-17(14)21-18-12-6-4-9-15(18)16-10-7-13-20(2)19(16)21;1-14-8-7-10-16-15-9-3-4-11-17(15)21(19(14)16)18-12-5-6-13-20(18)2;1-12-7-6-10-16-14-8-4-5-9-15(14)17-11-19(3)13(2)20(17)18(12)16;1-12-6-5-9-15-13-7-3-4-8-14(13)16-10-11-18(2)19(16)17(12)15;1-12-8-4-5-9-14(12)18-13(2)17(3)15-10-6-7-11-16(15)18;1-10-6-3-4-7-11(10)13-9-5-8-12(13)2;16*1-2;/h2*3-13H,1-2H3;4-11,13H,1-3H3;3-11H,1-2H3;4-11,13H,1-3H3;3-9H,1-2H3;16*1-2H3;1H4/q2*+1;;+1;;+1;;;;;;;;;;;;;;;;;/t;;13-;;13-;;;;;;;;;;;;;;;;;;/m..0.0................../s1. The molecule has 0 fully saturated rings. The molecule has 0 amide bonds. The second-order valence-electron chi connectivity index (χ2n) is 29.9. The molecule has 0 spiro atoms. The minimum atomic E-state index is 0. The van der Waals surface area contributed by atoms with Crippen LogP contribution in [0, 0.1) is 41.5 Å². The zero-order valence-electron chi connectivity index (χ0n) is 98.7. The number of anilines is 4. The molecular formula is C133H198N12+4. The van der Waals surface area contributed by atoms with Crippen molar-refractivity contribution in [2.45, 2.75) is 297 Å². The molecule has 7 aromatic heterocycles. The van der Waals surface area contributed by atoms with E-state index in [1.807, 2.05) is 241 Å². The van der Waals surface area contributed by atoms with Gasteiger partial charge in [-0.2, -0.15) is 9.13 Å². The molecule has 3 aliphatic heterocycles. The molecule has 0 saturated heterocycles. The highest BCUT2D eigenvalue weighted by Crippen LogP contribution is 2.50. The van der Waals surface area contributed by atoms with Crippen LogP contribution in [0.3, 0.4) is 0 Å². The van der Waals surface area contributed by atoms with Gasteiger partial charge in [0.05, 0.1) is 60.8 Å². The molecule has 0 unspecified atom stereocenters. The minimum Gasteiger partial charge on any atom is -0.358 e. The van der Waals surface area contributed by atoms with E-state index < -0.39 is 0 Å². The first-order chi connectivity index (χ1) is 70.5. The summed E-state index contributed by atoms with van der Waals surface area (Å²) in [5, 5.41) is 9.16. The number of aromatic nitrogens is 8. The van der Waals surface area contributed by atoms with Crippen LogP contribution in [0.2, 0.25) is 0 Å². The van der Waals surface area contributed by atoms with Crippen molar-refractivity contribution in [1.29, 1.82) is 0 Å². The van der Waals surface area contributed by atoms with Crippen molar-refractivity contribution in [3.8, 4) is 28.3 Å². The van der Waals surface area contributed by atoms with Crippen LogP contribution in [-0.2, 0) is 28.2 Å². The van der Waals surface area contributed by atoms with Crippen molar-refractivity contribution >= 4 is 99.4 Å². The second kappa shape index (κ2) is 73.7. The lowest BCUT2D eigenvalue weighted by molar-refractivity contribution is -0.744. The fourth-order valence-corrected chi connectivity index (χ4v) is 17.0. The van der Waals surface area contributed by atoms with Crippen molar-refractivity contribution in [2.24, 2.45) is 28.2 Å². The molecule has 0 N–H and O–H groups in total. The van der Waals surface area contributed by atoms with E-state index in [1.54, 1.807) is 0 Å². The first-order valence-electron chi connectivity index (χ1n) is 54.8. The minimum absolute atomic E-state index is 0. The Morgan fingerprint density at radius 1 is 0.248 bits per heavy atom. The highest BCUT2D eigenvalue weighted by molar-refractivity contribution is 6.13. The Hall–Kier alpha value is -13.3. The van der Waals surface area contributed by atoms with Crippen LogP contribution >= 0.6 is 0 Å². The summed E-state index contributed by atoms with van der Waals surface area (Å²) in [6, 6.07) is 103. The molecule has 21 rings (SSSR count). The number of hydrogen-bond acceptors (Lipinski definition) is 4. The van der Waals surface area contributed by atoms with Crippen LogP contribution in [0.15, 0.2) is 328 Å². The fraction of sp³-hybridized carbons (Fsp3) is 0.368. The van der Waals surface area contributed by atoms with Crippen molar-refractivity contribution in [1.82, 2.24) is 23.2 Å². The van der Waals surface area contributed by atoms with Gasteiger partial charge < -0.3 is 19.6 Å². The van der Waals surface area contributed by atoms with Crippen molar-refractivity contribution in [3.05, 3.63) is 367 Å². The van der Waals surface area contributed by atoms with Gasteiger partial charge in [0.15, 0.2) is 26.5 Å². The molecule has 0 radical (unpaired) electrons. The Balaban J connectivity index is 0. The summed E-state index contributed by atoms with van der Waals surface area (Å²) >= 11 is 0. The molecule has 3 aliphatic rings. The first-order valence-corrected chi connectivity index (χ1v) is 54.8. The lowest BCUT2D eigenvalue weighted by atomic mass is 9.90. The maximum absolute atomic E-state index is 2.47. The van der Waals surface area contributed by atoms with E-state index in [-0.39, 0.29) is 7.43 Å². The summed E-state index contributed by atoms with van der Waals surface area (Å²) in [5.41, 5.74) is 28.5. The molecule has 10 heterocycles. The SMILES string of the molecule is C.CC.CC.CC.CC.CC.CC.CC.CC.CC.CC.CC.CC.CC.CC.CC.CC.Cc1cccc2c1N1C(=CN(C)[C@@H]1C)c1ccccc1-2.Cc1cccc2c3ccccc3c3cc[n+](C)n3c12.Cc1cccc2c3ccccc3n(-c3cccc[n+]3C)c12.Cc1ccccc1-n1c2ccccc2c2ccc[n+](C)c21.Cc1ccccc1-n1ccc[n+]1C.Cc1ccccc1N1c2ccccc2N(C)[C@@H]1C. The van der Waals surface area contributed by atoms with Crippen molar-refractivity contribution < 1.29 is 18.5 Å². The van der Waals surface area contributed by atoms with Crippen LogP contribution in [0.25, 0.3) is 105 Å². The maximum Gasteiger partial charge on any atom is 0.294 e. The monoisotopic (exact) mass is 1960 g/mol. The molecule has 12 heteroatoms. The molecule has 786 valence electrons. The average molecular weight is 1970 g/mol. The molecule has 18 aromatic rings. The number of benzene rings is 11. The zero-order valence-corrected chi connectivity index (χ0v) is 98.7. The van der Waals surface area contributed by atoms with Crippen LogP contribution in [0.1, 0.15) is 282 Å². The highest BCUT2D eigenvalue weighted by atomic mass is 15.4. The van der Waals surface area contributed by atoms with Crippen LogP contribution in [0.4, 0.5) is 22.7 Å². The Labute approximate surface area is 884 Å². The Morgan fingerprint density at radius 3 is 1.12 bits per heavy atom. The van der Waals surface area contributed by atoms with E-state index in [1.165, 1.54) is 167 Å². The molecule has 0 saturated carbocycles. The Morgan fingerprint density at radius 2 is 0.621 bits per heavy atom. The van der Waals surface area contributed by atoms with Crippen LogP contribution in [-0.4, -0.2) is 49.7 Å². The van der Waals surface area contributed by atoms with Gasteiger partial charge >= 0.3 is 0 Å². The summed E-state index contributed by atoms with van der Waals surface area (Å²) in [7, 11) is 12.6. The van der Waals surface area contributed by atoms with Crippen molar-refractivity contribution in [3.63, 3.8) is 0 Å². The normalized spacial score (nSPS) is 11.3. The molecular weight excluding hydrogens is 1770 g/mol. The van der Waals surface area contributed by atoms with Gasteiger partial charge in [0.1, 0.15) is 51.3 Å². The number of aryl methyl sites for hydroxylation is 10. The lowest BCUT2D eigenvalue weighted by Gasteiger charge is -2.36. The molecule has 0 aliphatic carbocycles. The molecule has 12 nitrogen and oxygen atoms in total. The quantitative estimate of drug-likeness (QED) is 0.130. The number of para-hydroxylation sites is 10. The largest absolute Gasteiger partial charge is 0.358 e. The lowest BCUT2D eigenvalue weighted by Crippen LogP contribution is -2.36. The summed E-state index contributed by atoms with van der Waals surface area (Å²) in [6.45, 7) is 81.5. The third-order valence-electron chi connectivity index (χ3n) is 22.8. The van der Waals surface area contributed by atoms with Gasteiger partial charge in [-0.05, 0) is 179 Å². The van der Waals surface area contributed by atoms with Crippen LogP contribution < -0.4 is 33.2 Å². The zero-order chi connectivity index (χ0) is 110. The molecule has 145 heavy (non-hydrogen) atoms. The summed E-state index contributed by atoms with van der Waals surface area (Å²) < 4.78 is 17.7. The number of rotatable bonds is 4. The van der Waals surface area contributed by atoms with E-state index >= 15 is 0 Å². The van der Waals surface area contributed by atoms with Gasteiger partial charge in [0, 0.05) is 82.2 Å². The smallest absolute Gasteiger partial charge is 0.294 e.